The number of carbonyl (C=O) groups excluding carboxylic acids is 1. The van der Waals surface area contributed by atoms with Crippen LogP contribution in [-0.4, -0.2) is 36.5 Å². The van der Waals surface area contributed by atoms with Crippen LogP contribution in [0, 0.1) is 0 Å². The molecule has 0 saturated heterocycles. The van der Waals surface area contributed by atoms with Crippen molar-refractivity contribution in [2.45, 2.75) is 19.3 Å². The first-order valence-electron chi connectivity index (χ1n) is 8.88. The van der Waals surface area contributed by atoms with Crippen LogP contribution in [0.2, 0.25) is 5.02 Å². The van der Waals surface area contributed by atoms with Gasteiger partial charge in [0.2, 0.25) is 0 Å². The van der Waals surface area contributed by atoms with Crippen molar-refractivity contribution in [3.63, 3.8) is 0 Å². The minimum atomic E-state index is -0.407. The molecule has 2 aromatic rings. The molecule has 0 aliphatic carbocycles. The summed E-state index contributed by atoms with van der Waals surface area (Å²) in [4.78, 5) is 12.3. The Morgan fingerprint density at radius 3 is 2.57 bits per heavy atom. The highest BCUT2D eigenvalue weighted by molar-refractivity contribution is 9.10. The van der Waals surface area contributed by atoms with Gasteiger partial charge in [0.1, 0.15) is 11.5 Å². The van der Waals surface area contributed by atoms with Crippen molar-refractivity contribution < 1.29 is 14.7 Å². The van der Waals surface area contributed by atoms with E-state index in [1.54, 1.807) is 12.1 Å². The van der Waals surface area contributed by atoms with E-state index in [2.05, 4.69) is 26.4 Å². The van der Waals surface area contributed by atoms with Gasteiger partial charge in [-0.25, -0.2) is 0 Å². The highest BCUT2D eigenvalue weighted by Gasteiger charge is 2.14. The number of ether oxygens (including phenoxy) is 1. The summed E-state index contributed by atoms with van der Waals surface area (Å²) >= 11 is 9.31. The number of nitrogens with one attached hydrogen (secondary N) is 1. The van der Waals surface area contributed by atoms with Crippen molar-refractivity contribution in [3.05, 3.63) is 63.1 Å². The number of nitrogens with zero attached hydrogens (tertiary/aromatic N) is 1. The van der Waals surface area contributed by atoms with Crippen LogP contribution >= 0.6 is 27.5 Å². The standard InChI is InChI=1S/C20H23BrClN3O3/c21-17-12-15(4-7-19(17)28-11-1-9-23)13-18(25-27)20(26)24-10-8-14-2-5-16(22)6-3-14/h2-7,12,27H,1,8-11,13,23H2,(H,24,26)/b25-18-. The van der Waals surface area contributed by atoms with E-state index < -0.39 is 5.91 Å². The van der Waals surface area contributed by atoms with Gasteiger partial charge in [0.15, 0.2) is 0 Å². The summed E-state index contributed by atoms with van der Waals surface area (Å²) in [6.45, 7) is 1.53. The second-order valence-corrected chi connectivity index (χ2v) is 7.40. The van der Waals surface area contributed by atoms with E-state index in [4.69, 9.17) is 22.1 Å². The van der Waals surface area contributed by atoms with Crippen LogP contribution in [0.25, 0.3) is 0 Å². The molecule has 150 valence electrons. The Morgan fingerprint density at radius 1 is 1.21 bits per heavy atom. The van der Waals surface area contributed by atoms with Gasteiger partial charge in [-0.1, -0.05) is 35.0 Å². The zero-order valence-electron chi connectivity index (χ0n) is 15.3. The number of halogens is 2. The number of hydrogen-bond donors (Lipinski definition) is 3. The third-order valence-corrected chi connectivity index (χ3v) is 4.84. The Hall–Kier alpha value is -2.09. The number of carbonyl (C=O) groups is 1. The fourth-order valence-corrected chi connectivity index (χ4v) is 3.13. The minimum absolute atomic E-state index is 0.0415. The maximum Gasteiger partial charge on any atom is 0.269 e. The molecule has 4 N–H and O–H groups in total. The van der Waals surface area contributed by atoms with Crippen molar-refractivity contribution in [1.29, 1.82) is 0 Å². The largest absolute Gasteiger partial charge is 0.492 e. The maximum atomic E-state index is 12.3. The van der Waals surface area contributed by atoms with Crippen LogP contribution < -0.4 is 15.8 Å². The molecule has 0 spiro atoms. The molecular weight excluding hydrogens is 446 g/mol. The molecule has 0 atom stereocenters. The van der Waals surface area contributed by atoms with Gasteiger partial charge in [0, 0.05) is 18.0 Å². The van der Waals surface area contributed by atoms with Gasteiger partial charge < -0.3 is 21.0 Å². The average molecular weight is 469 g/mol. The second kappa shape index (κ2) is 11.7. The number of nitrogens with two attached hydrogens (primary N) is 1. The number of hydrogen-bond acceptors (Lipinski definition) is 5. The summed E-state index contributed by atoms with van der Waals surface area (Å²) < 4.78 is 6.39. The van der Waals surface area contributed by atoms with Gasteiger partial charge in [0.25, 0.3) is 5.91 Å². The lowest BCUT2D eigenvalue weighted by atomic mass is 10.1. The normalized spacial score (nSPS) is 11.3. The lowest BCUT2D eigenvalue weighted by molar-refractivity contribution is -0.115. The molecule has 0 bridgehead atoms. The molecule has 1 amide bonds. The molecule has 2 aromatic carbocycles. The summed E-state index contributed by atoms with van der Waals surface area (Å²) in [5.41, 5.74) is 7.37. The lowest BCUT2D eigenvalue weighted by Gasteiger charge is -2.10. The first-order valence-corrected chi connectivity index (χ1v) is 10.1. The molecule has 0 unspecified atom stereocenters. The Bertz CT molecular complexity index is 813. The number of rotatable bonds is 10. The number of amides is 1. The van der Waals surface area contributed by atoms with E-state index in [0.717, 1.165) is 22.0 Å². The molecule has 6 nitrogen and oxygen atoms in total. The fourth-order valence-electron chi connectivity index (χ4n) is 2.46. The summed E-state index contributed by atoms with van der Waals surface area (Å²) in [5.74, 6) is 0.294. The van der Waals surface area contributed by atoms with Gasteiger partial charge in [-0.3, -0.25) is 4.79 Å². The van der Waals surface area contributed by atoms with Crippen LogP contribution in [0.4, 0.5) is 0 Å². The number of oxime groups is 1. The molecule has 2 rings (SSSR count). The zero-order valence-corrected chi connectivity index (χ0v) is 17.7. The van der Waals surface area contributed by atoms with Crippen molar-refractivity contribution >= 4 is 39.1 Å². The average Bonchev–Trinajstić information content (AvgIpc) is 2.69. The third kappa shape index (κ3) is 7.14. The maximum absolute atomic E-state index is 12.3. The van der Waals surface area contributed by atoms with Gasteiger partial charge in [0.05, 0.1) is 11.1 Å². The zero-order chi connectivity index (χ0) is 20.4. The van der Waals surface area contributed by atoms with Crippen LogP contribution in [-0.2, 0) is 17.6 Å². The smallest absolute Gasteiger partial charge is 0.269 e. The summed E-state index contributed by atoms with van der Waals surface area (Å²) in [6, 6.07) is 12.9. The molecule has 0 radical (unpaired) electrons. The molecule has 0 aliphatic heterocycles. The van der Waals surface area contributed by atoms with E-state index in [0.29, 0.717) is 36.9 Å². The second-order valence-electron chi connectivity index (χ2n) is 6.11. The lowest BCUT2D eigenvalue weighted by Crippen LogP contribution is -2.33. The molecule has 8 heteroatoms. The summed E-state index contributed by atoms with van der Waals surface area (Å²) in [6.07, 6.45) is 1.62. The Kier molecular flexibility index (Phi) is 9.27. The van der Waals surface area contributed by atoms with Crippen LogP contribution in [0.15, 0.2) is 52.1 Å². The highest BCUT2D eigenvalue weighted by Crippen LogP contribution is 2.26. The predicted octanol–water partition coefficient (Wildman–Crippen LogP) is 3.56. The molecule has 0 aliphatic rings. The first-order chi connectivity index (χ1) is 13.5. The molecule has 0 saturated carbocycles. The van der Waals surface area contributed by atoms with Crippen LogP contribution in [0.5, 0.6) is 5.75 Å². The van der Waals surface area contributed by atoms with E-state index >= 15 is 0 Å². The fraction of sp³-hybridized carbons (Fsp3) is 0.300. The molecule has 0 heterocycles. The Labute approximate surface area is 177 Å². The highest BCUT2D eigenvalue weighted by atomic mass is 79.9. The SMILES string of the molecule is NCCCOc1ccc(C/C(=N/O)C(=O)NCCc2ccc(Cl)cc2)cc1Br. The van der Waals surface area contributed by atoms with E-state index in [1.165, 1.54) is 0 Å². The van der Waals surface area contributed by atoms with Crippen LogP contribution in [0.3, 0.4) is 0 Å². The monoisotopic (exact) mass is 467 g/mol. The predicted molar refractivity (Wildman–Crippen MR) is 114 cm³/mol. The van der Waals surface area contributed by atoms with Crippen LogP contribution in [0.1, 0.15) is 17.5 Å². The Balaban J connectivity index is 1.87. The minimum Gasteiger partial charge on any atom is -0.492 e. The van der Waals surface area contributed by atoms with Gasteiger partial charge in [-0.2, -0.15) is 0 Å². The summed E-state index contributed by atoms with van der Waals surface area (Å²) in [7, 11) is 0. The van der Waals surface area contributed by atoms with Crippen molar-refractivity contribution in [1.82, 2.24) is 5.32 Å². The summed E-state index contributed by atoms with van der Waals surface area (Å²) in [5, 5.41) is 15.8. The molecular formula is C20H23BrClN3O3. The number of benzene rings is 2. The van der Waals surface area contributed by atoms with Gasteiger partial charge in [-0.05, 0) is 70.7 Å². The molecule has 0 aromatic heterocycles. The molecule has 28 heavy (non-hydrogen) atoms. The van der Waals surface area contributed by atoms with Crippen molar-refractivity contribution in [3.8, 4) is 5.75 Å². The van der Waals surface area contributed by atoms with Crippen molar-refractivity contribution in [2.75, 3.05) is 19.7 Å². The topological polar surface area (TPSA) is 96.9 Å². The van der Waals surface area contributed by atoms with Gasteiger partial charge >= 0.3 is 0 Å². The van der Waals surface area contributed by atoms with Gasteiger partial charge in [-0.15, -0.1) is 0 Å². The Morgan fingerprint density at radius 2 is 1.93 bits per heavy atom. The van der Waals surface area contributed by atoms with E-state index in [1.807, 2.05) is 30.3 Å². The quantitative estimate of drug-likeness (QED) is 0.215. The first kappa shape index (κ1) is 22.2. The van der Waals surface area contributed by atoms with E-state index in [-0.39, 0.29) is 12.1 Å². The third-order valence-electron chi connectivity index (χ3n) is 3.97. The van der Waals surface area contributed by atoms with Crippen molar-refractivity contribution in [2.24, 2.45) is 10.9 Å². The van der Waals surface area contributed by atoms with E-state index in [9.17, 15) is 10.0 Å². The molecule has 0 fully saturated rings.